The van der Waals surface area contributed by atoms with Gasteiger partial charge in [0.05, 0.1) is 10.6 Å². The number of nitrogens with zero attached hydrogens (tertiary/aromatic N) is 1. The summed E-state index contributed by atoms with van der Waals surface area (Å²) in [6.07, 6.45) is 3.52. The molecule has 0 radical (unpaired) electrons. The normalized spacial score (nSPS) is 23.4. The minimum atomic E-state index is 0.184. The van der Waals surface area contributed by atoms with Crippen LogP contribution in [0.3, 0.4) is 0 Å². The lowest BCUT2D eigenvalue weighted by molar-refractivity contribution is 0.162. The Balaban J connectivity index is 2.09. The Morgan fingerprint density at radius 2 is 2.29 bits per heavy atom. The summed E-state index contributed by atoms with van der Waals surface area (Å²) in [6.45, 7) is 0.661. The van der Waals surface area contributed by atoms with E-state index < -0.39 is 0 Å². The van der Waals surface area contributed by atoms with Crippen LogP contribution >= 0.6 is 11.6 Å². The molecule has 2 N–H and O–H groups in total. The second-order valence-electron chi connectivity index (χ2n) is 4.34. The fourth-order valence-corrected chi connectivity index (χ4v) is 2.47. The number of ether oxygens (including phenoxy) is 1. The van der Waals surface area contributed by atoms with Crippen molar-refractivity contribution in [3.05, 3.63) is 28.8 Å². The lowest BCUT2D eigenvalue weighted by Gasteiger charge is -2.20. The fraction of sp³-hybridized carbons (Fsp3) is 0.462. The van der Waals surface area contributed by atoms with Gasteiger partial charge in [-0.2, -0.15) is 5.26 Å². The van der Waals surface area contributed by atoms with Crippen molar-refractivity contribution >= 4 is 11.6 Å². The number of benzene rings is 1. The summed E-state index contributed by atoms with van der Waals surface area (Å²) in [5.74, 6) is 1.16. The zero-order valence-electron chi connectivity index (χ0n) is 9.53. The highest BCUT2D eigenvalue weighted by atomic mass is 35.5. The molecule has 2 rings (SSSR count). The predicted octanol–water partition coefficient (Wildman–Crippen LogP) is 2.72. The maximum absolute atomic E-state index is 8.78. The summed E-state index contributed by atoms with van der Waals surface area (Å²) in [5, 5.41) is 9.22. The van der Waals surface area contributed by atoms with Crippen LogP contribution in [-0.2, 0) is 0 Å². The molecular formula is C13H15ClN2O. The summed E-state index contributed by atoms with van der Waals surface area (Å²) in [5.41, 5.74) is 6.18. The first-order chi connectivity index (χ1) is 8.24. The maximum Gasteiger partial charge on any atom is 0.121 e. The molecule has 0 heterocycles. The van der Waals surface area contributed by atoms with Crippen LogP contribution in [0.5, 0.6) is 5.75 Å². The van der Waals surface area contributed by atoms with E-state index >= 15 is 0 Å². The average Bonchev–Trinajstić information content (AvgIpc) is 2.76. The second-order valence-corrected chi connectivity index (χ2v) is 4.74. The average molecular weight is 251 g/mol. The minimum Gasteiger partial charge on any atom is -0.490 e. The van der Waals surface area contributed by atoms with Gasteiger partial charge in [0.1, 0.15) is 17.9 Å². The van der Waals surface area contributed by atoms with Crippen LogP contribution in [0.4, 0.5) is 0 Å². The summed E-state index contributed by atoms with van der Waals surface area (Å²) in [6, 6.07) is 7.20. The first-order valence-corrected chi connectivity index (χ1v) is 6.18. The van der Waals surface area contributed by atoms with Gasteiger partial charge in [0.25, 0.3) is 0 Å². The van der Waals surface area contributed by atoms with Crippen molar-refractivity contribution in [3.8, 4) is 11.8 Å². The summed E-state index contributed by atoms with van der Waals surface area (Å²) in [4.78, 5) is 0. The summed E-state index contributed by atoms with van der Waals surface area (Å²) >= 11 is 5.96. The first kappa shape index (κ1) is 12.2. The van der Waals surface area contributed by atoms with Crippen molar-refractivity contribution in [3.63, 3.8) is 0 Å². The highest BCUT2D eigenvalue weighted by molar-refractivity contribution is 6.31. The SMILES string of the molecule is N#Cc1ccc(OC2CCCC2CN)cc1Cl. The molecular weight excluding hydrogens is 236 g/mol. The highest BCUT2D eigenvalue weighted by Crippen LogP contribution is 2.30. The van der Waals surface area contributed by atoms with Gasteiger partial charge in [0.15, 0.2) is 0 Å². The van der Waals surface area contributed by atoms with E-state index in [1.165, 1.54) is 0 Å². The van der Waals surface area contributed by atoms with Crippen LogP contribution in [0.2, 0.25) is 5.02 Å². The molecule has 1 fully saturated rings. The van der Waals surface area contributed by atoms with Crippen LogP contribution in [0.1, 0.15) is 24.8 Å². The van der Waals surface area contributed by atoms with E-state index in [0.717, 1.165) is 25.0 Å². The Kier molecular flexibility index (Phi) is 3.88. The molecule has 0 aromatic heterocycles. The number of nitrogens with two attached hydrogens (primary N) is 1. The third-order valence-corrected chi connectivity index (χ3v) is 3.55. The molecule has 2 unspecified atom stereocenters. The van der Waals surface area contributed by atoms with Gasteiger partial charge < -0.3 is 10.5 Å². The van der Waals surface area contributed by atoms with Gasteiger partial charge in [-0.1, -0.05) is 11.6 Å². The van der Waals surface area contributed by atoms with Gasteiger partial charge in [-0.15, -0.1) is 0 Å². The van der Waals surface area contributed by atoms with Crippen LogP contribution in [0.25, 0.3) is 0 Å². The molecule has 4 heteroatoms. The molecule has 1 aliphatic carbocycles. The van der Waals surface area contributed by atoms with E-state index in [0.29, 0.717) is 23.0 Å². The topological polar surface area (TPSA) is 59.0 Å². The first-order valence-electron chi connectivity index (χ1n) is 5.81. The quantitative estimate of drug-likeness (QED) is 0.897. The minimum absolute atomic E-state index is 0.184. The molecule has 0 bridgehead atoms. The van der Waals surface area contributed by atoms with Gasteiger partial charge in [-0.25, -0.2) is 0 Å². The van der Waals surface area contributed by atoms with Gasteiger partial charge >= 0.3 is 0 Å². The number of hydrogen-bond donors (Lipinski definition) is 1. The summed E-state index contributed by atoms with van der Waals surface area (Å²) in [7, 11) is 0. The largest absolute Gasteiger partial charge is 0.490 e. The number of rotatable bonds is 3. The zero-order valence-corrected chi connectivity index (χ0v) is 10.3. The fourth-order valence-electron chi connectivity index (χ4n) is 2.26. The van der Waals surface area contributed by atoms with E-state index in [-0.39, 0.29) is 6.10 Å². The second kappa shape index (κ2) is 5.39. The lowest BCUT2D eigenvalue weighted by atomic mass is 10.1. The number of halogens is 1. The van der Waals surface area contributed by atoms with Crippen LogP contribution < -0.4 is 10.5 Å². The Morgan fingerprint density at radius 1 is 1.47 bits per heavy atom. The van der Waals surface area contributed by atoms with E-state index in [1.807, 2.05) is 6.07 Å². The molecule has 0 saturated heterocycles. The molecule has 17 heavy (non-hydrogen) atoms. The molecule has 1 aromatic rings. The van der Waals surface area contributed by atoms with Gasteiger partial charge in [0, 0.05) is 12.0 Å². The van der Waals surface area contributed by atoms with E-state index in [1.54, 1.807) is 18.2 Å². The van der Waals surface area contributed by atoms with Gasteiger partial charge in [0.2, 0.25) is 0 Å². The maximum atomic E-state index is 8.78. The van der Waals surface area contributed by atoms with Crippen molar-refractivity contribution in [1.82, 2.24) is 0 Å². The smallest absolute Gasteiger partial charge is 0.121 e. The Morgan fingerprint density at radius 3 is 2.94 bits per heavy atom. The lowest BCUT2D eigenvalue weighted by Crippen LogP contribution is -2.27. The number of hydrogen-bond acceptors (Lipinski definition) is 3. The molecule has 1 aliphatic rings. The van der Waals surface area contributed by atoms with Crippen LogP contribution in [-0.4, -0.2) is 12.6 Å². The number of nitriles is 1. The molecule has 1 aromatic carbocycles. The van der Waals surface area contributed by atoms with Crippen LogP contribution in [0.15, 0.2) is 18.2 Å². The Bertz CT molecular complexity index is 442. The molecule has 90 valence electrons. The monoisotopic (exact) mass is 250 g/mol. The van der Waals surface area contributed by atoms with Crippen molar-refractivity contribution < 1.29 is 4.74 Å². The van der Waals surface area contributed by atoms with Gasteiger partial charge in [-0.3, -0.25) is 0 Å². The molecule has 2 atom stereocenters. The Labute approximate surface area is 106 Å². The molecule has 3 nitrogen and oxygen atoms in total. The molecule has 1 saturated carbocycles. The van der Waals surface area contributed by atoms with E-state index in [4.69, 9.17) is 27.3 Å². The Hall–Kier alpha value is -1.24. The third-order valence-electron chi connectivity index (χ3n) is 3.24. The van der Waals surface area contributed by atoms with E-state index in [9.17, 15) is 0 Å². The van der Waals surface area contributed by atoms with Crippen molar-refractivity contribution in [2.45, 2.75) is 25.4 Å². The third kappa shape index (κ3) is 2.71. The molecule has 0 spiro atoms. The van der Waals surface area contributed by atoms with Gasteiger partial charge in [-0.05, 0) is 37.9 Å². The van der Waals surface area contributed by atoms with Crippen molar-refractivity contribution in [2.75, 3.05) is 6.54 Å². The van der Waals surface area contributed by atoms with Crippen molar-refractivity contribution in [1.29, 1.82) is 5.26 Å². The molecule has 0 aliphatic heterocycles. The zero-order chi connectivity index (χ0) is 12.3. The van der Waals surface area contributed by atoms with Crippen LogP contribution in [0, 0.1) is 17.2 Å². The molecule has 0 amide bonds. The van der Waals surface area contributed by atoms with Crippen molar-refractivity contribution in [2.24, 2.45) is 11.7 Å². The predicted molar refractivity (Wildman–Crippen MR) is 67.0 cm³/mol. The standard InChI is InChI=1S/C13H15ClN2O/c14-12-6-11(5-4-9(12)7-15)17-13-3-1-2-10(13)8-16/h4-6,10,13H,1-3,8,16H2. The highest BCUT2D eigenvalue weighted by Gasteiger charge is 2.27. The summed E-state index contributed by atoms with van der Waals surface area (Å²) < 4.78 is 5.89. The van der Waals surface area contributed by atoms with E-state index in [2.05, 4.69) is 0 Å².